The molecule has 0 aliphatic rings. The number of carbonyl (C=O) groups excluding carboxylic acids is 1. The van der Waals surface area contributed by atoms with E-state index in [1.54, 1.807) is 18.1 Å². The Bertz CT molecular complexity index is 829. The molecule has 0 saturated carbocycles. The Balaban J connectivity index is 1.59. The molecule has 0 radical (unpaired) electrons. The van der Waals surface area contributed by atoms with Gasteiger partial charge in [-0.25, -0.2) is 4.98 Å². The molecule has 3 aromatic rings. The normalized spacial score (nSPS) is 10.6. The van der Waals surface area contributed by atoms with Crippen molar-refractivity contribution < 1.29 is 9.21 Å². The first-order chi connectivity index (χ1) is 12.1. The number of aryl methyl sites for hydroxylation is 2. The molecule has 0 N–H and O–H groups in total. The Hall–Kier alpha value is -2.95. The van der Waals surface area contributed by atoms with E-state index in [0.29, 0.717) is 25.3 Å². The van der Waals surface area contributed by atoms with E-state index in [2.05, 4.69) is 9.97 Å². The summed E-state index contributed by atoms with van der Waals surface area (Å²) in [7, 11) is 1.78. The molecule has 1 aromatic carbocycles. The summed E-state index contributed by atoms with van der Waals surface area (Å²) in [4.78, 5) is 22.7. The monoisotopic (exact) mass is 335 g/mol. The fourth-order valence-corrected chi connectivity index (χ4v) is 2.64. The maximum atomic E-state index is 12.3. The summed E-state index contributed by atoms with van der Waals surface area (Å²) >= 11 is 0. The fourth-order valence-electron chi connectivity index (χ4n) is 2.64. The molecule has 5 heteroatoms. The van der Waals surface area contributed by atoms with Crippen molar-refractivity contribution in [3.05, 3.63) is 72.0 Å². The Morgan fingerprint density at radius 2 is 1.88 bits per heavy atom. The van der Waals surface area contributed by atoms with Crippen LogP contribution in [0.1, 0.15) is 23.7 Å². The molecule has 0 spiro atoms. The molecule has 128 valence electrons. The van der Waals surface area contributed by atoms with Gasteiger partial charge in [0.15, 0.2) is 11.7 Å². The first-order valence-electron chi connectivity index (χ1n) is 8.29. The second-order valence-electron chi connectivity index (χ2n) is 5.96. The van der Waals surface area contributed by atoms with E-state index < -0.39 is 0 Å². The van der Waals surface area contributed by atoms with Crippen molar-refractivity contribution >= 4 is 5.91 Å². The minimum absolute atomic E-state index is 0.0442. The van der Waals surface area contributed by atoms with Gasteiger partial charge in [0.1, 0.15) is 0 Å². The molecule has 3 rings (SSSR count). The Kier molecular flexibility index (Phi) is 5.23. The van der Waals surface area contributed by atoms with E-state index in [4.69, 9.17) is 4.42 Å². The van der Waals surface area contributed by atoms with Gasteiger partial charge in [-0.1, -0.05) is 36.4 Å². The number of hydrogen-bond donors (Lipinski definition) is 0. The van der Waals surface area contributed by atoms with Crippen LogP contribution in [0.4, 0.5) is 0 Å². The maximum absolute atomic E-state index is 12.3. The number of rotatable bonds is 6. The van der Waals surface area contributed by atoms with Gasteiger partial charge in [0, 0.05) is 31.6 Å². The molecule has 0 fully saturated rings. The molecule has 0 bridgehead atoms. The maximum Gasteiger partial charge on any atom is 0.223 e. The number of benzene rings is 1. The van der Waals surface area contributed by atoms with Gasteiger partial charge in [-0.15, -0.1) is 0 Å². The Morgan fingerprint density at radius 1 is 1.12 bits per heavy atom. The van der Waals surface area contributed by atoms with Crippen LogP contribution >= 0.6 is 0 Å². The first kappa shape index (κ1) is 16.9. The second kappa shape index (κ2) is 7.75. The number of amides is 1. The van der Waals surface area contributed by atoms with Crippen LogP contribution in [0.3, 0.4) is 0 Å². The van der Waals surface area contributed by atoms with Gasteiger partial charge in [-0.05, 0) is 19.1 Å². The lowest BCUT2D eigenvalue weighted by Gasteiger charge is -2.16. The van der Waals surface area contributed by atoms with E-state index in [9.17, 15) is 4.79 Å². The van der Waals surface area contributed by atoms with Crippen LogP contribution in [-0.4, -0.2) is 27.8 Å². The van der Waals surface area contributed by atoms with Gasteiger partial charge < -0.3 is 9.32 Å². The van der Waals surface area contributed by atoms with E-state index >= 15 is 0 Å². The van der Waals surface area contributed by atoms with Crippen LogP contribution in [0.2, 0.25) is 0 Å². The van der Waals surface area contributed by atoms with Crippen molar-refractivity contribution in [2.45, 2.75) is 26.3 Å². The van der Waals surface area contributed by atoms with Gasteiger partial charge in [0.25, 0.3) is 0 Å². The smallest absolute Gasteiger partial charge is 0.223 e. The van der Waals surface area contributed by atoms with Crippen LogP contribution < -0.4 is 0 Å². The van der Waals surface area contributed by atoms with Crippen LogP contribution in [0.15, 0.2) is 59.1 Å². The molecule has 1 amide bonds. The molecule has 0 aliphatic heterocycles. The quantitative estimate of drug-likeness (QED) is 0.690. The third kappa shape index (κ3) is 4.32. The van der Waals surface area contributed by atoms with Crippen LogP contribution in [0.5, 0.6) is 0 Å². The third-order valence-corrected chi connectivity index (χ3v) is 3.98. The molecule has 0 aliphatic carbocycles. The number of nitrogens with zero attached hydrogens (tertiary/aromatic N) is 3. The summed E-state index contributed by atoms with van der Waals surface area (Å²) in [6.45, 7) is 2.42. The zero-order valence-electron chi connectivity index (χ0n) is 14.5. The van der Waals surface area contributed by atoms with Crippen molar-refractivity contribution in [1.82, 2.24) is 14.9 Å². The van der Waals surface area contributed by atoms with Gasteiger partial charge >= 0.3 is 0 Å². The van der Waals surface area contributed by atoms with Crippen LogP contribution in [-0.2, 0) is 17.8 Å². The van der Waals surface area contributed by atoms with Crippen LogP contribution in [0.25, 0.3) is 11.3 Å². The van der Waals surface area contributed by atoms with Crippen molar-refractivity contribution in [2.75, 3.05) is 7.05 Å². The van der Waals surface area contributed by atoms with E-state index in [1.165, 1.54) is 0 Å². The average Bonchev–Trinajstić information content (AvgIpc) is 3.02. The summed E-state index contributed by atoms with van der Waals surface area (Å²) in [5.74, 6) is 1.41. The highest BCUT2D eigenvalue weighted by Crippen LogP contribution is 2.24. The van der Waals surface area contributed by atoms with Crippen LogP contribution in [0, 0.1) is 6.92 Å². The highest BCUT2D eigenvalue weighted by molar-refractivity contribution is 5.76. The minimum Gasteiger partial charge on any atom is -0.440 e. The standard InChI is InChI=1S/C20H21N3O2/c1-15-20(16-8-4-3-5-9-16)25-18(22-15)11-12-19(24)23(2)14-17-10-6-7-13-21-17/h3-10,13H,11-12,14H2,1-2H3. The topological polar surface area (TPSA) is 59.2 Å². The Morgan fingerprint density at radius 3 is 2.60 bits per heavy atom. The molecule has 0 atom stereocenters. The van der Waals surface area contributed by atoms with Crippen molar-refractivity contribution in [3.8, 4) is 11.3 Å². The minimum atomic E-state index is 0.0442. The summed E-state index contributed by atoms with van der Waals surface area (Å²) in [5, 5.41) is 0. The molecule has 0 unspecified atom stereocenters. The third-order valence-electron chi connectivity index (χ3n) is 3.98. The van der Waals surface area contributed by atoms with Crippen molar-refractivity contribution in [2.24, 2.45) is 0 Å². The van der Waals surface area contributed by atoms with Crippen molar-refractivity contribution in [3.63, 3.8) is 0 Å². The molecule has 2 aromatic heterocycles. The molecule has 25 heavy (non-hydrogen) atoms. The molecule has 0 saturated heterocycles. The largest absolute Gasteiger partial charge is 0.440 e. The van der Waals surface area contributed by atoms with Crippen molar-refractivity contribution in [1.29, 1.82) is 0 Å². The average molecular weight is 335 g/mol. The van der Waals surface area contributed by atoms with Gasteiger partial charge in [0.2, 0.25) is 5.91 Å². The summed E-state index contributed by atoms with van der Waals surface area (Å²) in [6.07, 6.45) is 2.57. The lowest BCUT2D eigenvalue weighted by molar-refractivity contribution is -0.130. The number of aromatic nitrogens is 2. The summed E-state index contributed by atoms with van der Waals surface area (Å²) < 4.78 is 5.85. The molecular formula is C20H21N3O2. The first-order valence-corrected chi connectivity index (χ1v) is 8.29. The lowest BCUT2D eigenvalue weighted by atomic mass is 10.1. The summed E-state index contributed by atoms with van der Waals surface area (Å²) in [6, 6.07) is 15.6. The van der Waals surface area contributed by atoms with E-state index in [-0.39, 0.29) is 5.91 Å². The van der Waals surface area contributed by atoms with E-state index in [0.717, 1.165) is 22.7 Å². The second-order valence-corrected chi connectivity index (χ2v) is 5.96. The number of carbonyl (C=O) groups is 1. The predicted octanol–water partition coefficient (Wildman–Crippen LogP) is 3.64. The molecular weight excluding hydrogens is 314 g/mol. The zero-order chi connectivity index (χ0) is 17.6. The van der Waals surface area contributed by atoms with Gasteiger partial charge in [-0.3, -0.25) is 9.78 Å². The molecule has 5 nitrogen and oxygen atoms in total. The number of hydrogen-bond acceptors (Lipinski definition) is 4. The summed E-state index contributed by atoms with van der Waals surface area (Å²) in [5.41, 5.74) is 2.71. The fraction of sp³-hybridized carbons (Fsp3) is 0.250. The predicted molar refractivity (Wildman–Crippen MR) is 95.7 cm³/mol. The van der Waals surface area contributed by atoms with Gasteiger partial charge in [0.05, 0.1) is 17.9 Å². The molecule has 2 heterocycles. The lowest BCUT2D eigenvalue weighted by Crippen LogP contribution is -2.26. The highest BCUT2D eigenvalue weighted by atomic mass is 16.4. The van der Waals surface area contributed by atoms with E-state index in [1.807, 2.05) is 55.5 Å². The highest BCUT2D eigenvalue weighted by Gasteiger charge is 2.15. The number of pyridine rings is 1. The van der Waals surface area contributed by atoms with Gasteiger partial charge in [-0.2, -0.15) is 0 Å². The zero-order valence-corrected chi connectivity index (χ0v) is 14.5. The SMILES string of the molecule is Cc1nc(CCC(=O)N(C)Cc2ccccn2)oc1-c1ccccc1. The number of oxazole rings is 1. The Labute approximate surface area is 147 Å².